The van der Waals surface area contributed by atoms with E-state index in [1.807, 2.05) is 42.5 Å². The van der Waals surface area contributed by atoms with Gasteiger partial charge in [-0.3, -0.25) is 15.2 Å². The van der Waals surface area contributed by atoms with Crippen molar-refractivity contribution in [2.45, 2.75) is 13.3 Å². The second kappa shape index (κ2) is 7.52. The van der Waals surface area contributed by atoms with E-state index in [1.165, 1.54) is 18.0 Å². The average molecular weight is 254 g/mol. The molecular formula is C14H14N4O. The van der Waals surface area contributed by atoms with Crippen LogP contribution in [0, 0.1) is 22.7 Å². The molecule has 0 aromatic heterocycles. The standard InChI is InChI=1S/C14H14N4O/c1-12(19)18(11-5-9-15)17-14(8-10-16)13-6-3-2-4-7-13/h2-4,6-8,17H,5,11H2,1H3. The lowest BCUT2D eigenvalue weighted by atomic mass is 10.1. The summed E-state index contributed by atoms with van der Waals surface area (Å²) < 4.78 is 0. The SMILES string of the molecule is CC(=O)N(CCC#N)NC(=CC#N)c1ccccc1. The van der Waals surface area contributed by atoms with Crippen LogP contribution in [0.25, 0.3) is 5.70 Å². The maximum atomic E-state index is 11.5. The third kappa shape index (κ3) is 4.53. The molecule has 0 spiro atoms. The molecule has 0 aliphatic heterocycles. The Morgan fingerprint density at radius 2 is 2.05 bits per heavy atom. The topological polar surface area (TPSA) is 79.9 Å². The van der Waals surface area contributed by atoms with Crippen molar-refractivity contribution >= 4 is 11.6 Å². The molecule has 0 saturated carbocycles. The first-order valence-electron chi connectivity index (χ1n) is 5.76. The third-order valence-corrected chi connectivity index (χ3v) is 2.38. The highest BCUT2D eigenvalue weighted by Crippen LogP contribution is 2.11. The van der Waals surface area contributed by atoms with Gasteiger partial charge in [0.05, 0.1) is 30.8 Å². The number of nitrogens with one attached hydrogen (secondary N) is 1. The molecule has 0 heterocycles. The third-order valence-electron chi connectivity index (χ3n) is 2.38. The molecule has 0 fully saturated rings. The van der Waals surface area contributed by atoms with Crippen molar-refractivity contribution in [2.24, 2.45) is 0 Å². The molecule has 0 atom stereocenters. The molecule has 1 aromatic carbocycles. The fourth-order valence-corrected chi connectivity index (χ4v) is 1.46. The number of carbonyl (C=O) groups is 1. The molecule has 0 bridgehead atoms. The molecule has 5 nitrogen and oxygen atoms in total. The Kier molecular flexibility index (Phi) is 5.65. The molecule has 1 rings (SSSR count). The average Bonchev–Trinajstić information content (AvgIpc) is 2.43. The normalized spacial score (nSPS) is 10.2. The van der Waals surface area contributed by atoms with Gasteiger partial charge < -0.3 is 0 Å². The van der Waals surface area contributed by atoms with Gasteiger partial charge in [0, 0.05) is 18.6 Å². The zero-order valence-electron chi connectivity index (χ0n) is 10.6. The van der Waals surface area contributed by atoms with Crippen molar-refractivity contribution in [3.63, 3.8) is 0 Å². The number of nitrogens with zero attached hydrogens (tertiary/aromatic N) is 3. The smallest absolute Gasteiger partial charge is 0.237 e. The Morgan fingerprint density at radius 3 is 2.58 bits per heavy atom. The predicted octanol–water partition coefficient (Wildman–Crippen LogP) is 1.82. The summed E-state index contributed by atoms with van der Waals surface area (Å²) in [6, 6.07) is 13.1. The highest BCUT2D eigenvalue weighted by atomic mass is 16.2. The van der Waals surface area contributed by atoms with Gasteiger partial charge in [0.1, 0.15) is 0 Å². The van der Waals surface area contributed by atoms with Gasteiger partial charge >= 0.3 is 0 Å². The van der Waals surface area contributed by atoms with E-state index in [4.69, 9.17) is 10.5 Å². The minimum atomic E-state index is -0.213. The summed E-state index contributed by atoms with van der Waals surface area (Å²) in [5, 5.41) is 18.7. The van der Waals surface area contributed by atoms with Crippen molar-refractivity contribution in [2.75, 3.05) is 6.54 Å². The van der Waals surface area contributed by atoms with Crippen LogP contribution in [-0.2, 0) is 4.79 Å². The van der Waals surface area contributed by atoms with Gasteiger partial charge in [-0.25, -0.2) is 0 Å². The van der Waals surface area contributed by atoms with Crippen LogP contribution in [0.5, 0.6) is 0 Å². The summed E-state index contributed by atoms with van der Waals surface area (Å²) >= 11 is 0. The zero-order valence-corrected chi connectivity index (χ0v) is 10.6. The first-order valence-corrected chi connectivity index (χ1v) is 5.76. The lowest BCUT2D eigenvalue weighted by Crippen LogP contribution is -2.41. The van der Waals surface area contributed by atoms with E-state index in [9.17, 15) is 4.79 Å². The number of hydrogen-bond acceptors (Lipinski definition) is 4. The van der Waals surface area contributed by atoms with E-state index in [0.717, 1.165) is 5.56 Å². The number of rotatable bonds is 5. The number of amides is 1. The van der Waals surface area contributed by atoms with Crippen LogP contribution in [-0.4, -0.2) is 17.5 Å². The Morgan fingerprint density at radius 1 is 1.37 bits per heavy atom. The summed E-state index contributed by atoms with van der Waals surface area (Å²) in [5.74, 6) is -0.213. The highest BCUT2D eigenvalue weighted by Gasteiger charge is 2.10. The van der Waals surface area contributed by atoms with Crippen LogP contribution < -0.4 is 5.43 Å². The van der Waals surface area contributed by atoms with Crippen LogP contribution in [0.2, 0.25) is 0 Å². The Bertz CT molecular complexity index is 537. The number of hydrazine groups is 1. The van der Waals surface area contributed by atoms with Crippen LogP contribution in [0.3, 0.4) is 0 Å². The monoisotopic (exact) mass is 254 g/mol. The number of hydrogen-bond donors (Lipinski definition) is 1. The molecule has 0 aliphatic carbocycles. The minimum Gasteiger partial charge on any atom is -0.295 e. The first-order chi connectivity index (χ1) is 9.19. The molecule has 1 amide bonds. The Balaban J connectivity index is 2.90. The van der Waals surface area contributed by atoms with Gasteiger partial charge in [-0.05, 0) is 0 Å². The molecule has 19 heavy (non-hydrogen) atoms. The Labute approximate surface area is 112 Å². The Hall–Kier alpha value is -2.79. The predicted molar refractivity (Wildman–Crippen MR) is 70.8 cm³/mol. The van der Waals surface area contributed by atoms with Crippen molar-refractivity contribution in [3.8, 4) is 12.1 Å². The van der Waals surface area contributed by atoms with E-state index >= 15 is 0 Å². The molecule has 1 aromatic rings. The van der Waals surface area contributed by atoms with Crippen molar-refractivity contribution in [1.29, 1.82) is 10.5 Å². The van der Waals surface area contributed by atoms with Crippen LogP contribution >= 0.6 is 0 Å². The van der Waals surface area contributed by atoms with Gasteiger partial charge in [0.15, 0.2) is 0 Å². The lowest BCUT2D eigenvalue weighted by molar-refractivity contribution is -0.130. The van der Waals surface area contributed by atoms with Crippen molar-refractivity contribution < 1.29 is 4.79 Å². The lowest BCUT2D eigenvalue weighted by Gasteiger charge is -2.23. The number of nitriles is 2. The van der Waals surface area contributed by atoms with E-state index in [1.54, 1.807) is 0 Å². The second-order valence-corrected chi connectivity index (χ2v) is 3.74. The molecule has 5 heteroatoms. The molecule has 1 N–H and O–H groups in total. The van der Waals surface area contributed by atoms with E-state index < -0.39 is 0 Å². The van der Waals surface area contributed by atoms with E-state index in [2.05, 4.69) is 5.43 Å². The number of carbonyl (C=O) groups excluding carboxylic acids is 1. The fraction of sp³-hybridized carbons (Fsp3) is 0.214. The summed E-state index contributed by atoms with van der Waals surface area (Å²) in [4.78, 5) is 11.5. The molecule has 96 valence electrons. The second-order valence-electron chi connectivity index (χ2n) is 3.74. The van der Waals surface area contributed by atoms with Gasteiger partial charge in [0.2, 0.25) is 5.91 Å². The maximum absolute atomic E-state index is 11.5. The van der Waals surface area contributed by atoms with E-state index in [-0.39, 0.29) is 18.9 Å². The van der Waals surface area contributed by atoms with Crippen LogP contribution in [0.15, 0.2) is 36.4 Å². The fourth-order valence-electron chi connectivity index (χ4n) is 1.46. The van der Waals surface area contributed by atoms with Gasteiger partial charge in [-0.15, -0.1) is 0 Å². The van der Waals surface area contributed by atoms with Gasteiger partial charge in [-0.1, -0.05) is 30.3 Å². The first kappa shape index (κ1) is 14.3. The molecule has 0 unspecified atom stereocenters. The summed E-state index contributed by atoms with van der Waals surface area (Å²) in [6.07, 6.45) is 1.55. The highest BCUT2D eigenvalue weighted by molar-refractivity contribution is 5.75. The summed E-state index contributed by atoms with van der Waals surface area (Å²) in [6.45, 7) is 1.67. The quantitative estimate of drug-likeness (QED) is 0.642. The van der Waals surface area contributed by atoms with Crippen molar-refractivity contribution in [3.05, 3.63) is 42.0 Å². The molecule has 0 saturated heterocycles. The van der Waals surface area contributed by atoms with Crippen molar-refractivity contribution in [1.82, 2.24) is 10.4 Å². The number of allylic oxidation sites excluding steroid dienone is 1. The largest absolute Gasteiger partial charge is 0.295 e. The zero-order chi connectivity index (χ0) is 14.1. The molecule has 0 radical (unpaired) electrons. The summed E-state index contributed by atoms with van der Waals surface area (Å²) in [5.41, 5.74) is 4.20. The van der Waals surface area contributed by atoms with Gasteiger partial charge in [0.25, 0.3) is 0 Å². The maximum Gasteiger partial charge on any atom is 0.237 e. The number of benzene rings is 1. The molecular weight excluding hydrogens is 240 g/mol. The van der Waals surface area contributed by atoms with Gasteiger partial charge in [-0.2, -0.15) is 10.5 Å². The molecule has 0 aliphatic rings. The summed E-state index contributed by atoms with van der Waals surface area (Å²) in [7, 11) is 0. The van der Waals surface area contributed by atoms with E-state index in [0.29, 0.717) is 5.70 Å². The minimum absolute atomic E-state index is 0.213. The van der Waals surface area contributed by atoms with Crippen LogP contribution in [0.1, 0.15) is 18.9 Å². The van der Waals surface area contributed by atoms with Crippen LogP contribution in [0.4, 0.5) is 0 Å².